The van der Waals surface area contributed by atoms with Crippen LogP contribution in [0.4, 0.5) is 11.4 Å². The van der Waals surface area contributed by atoms with E-state index in [0.717, 1.165) is 11.1 Å². The number of anilines is 2. The second-order valence-corrected chi connectivity index (χ2v) is 6.02. The first-order valence-corrected chi connectivity index (χ1v) is 8.81. The van der Waals surface area contributed by atoms with Crippen molar-refractivity contribution in [3.8, 4) is 0 Å². The van der Waals surface area contributed by atoms with E-state index in [9.17, 15) is 13.0 Å². The molecule has 0 atom stereocenters. The molecule has 4 nitrogen and oxygen atoms in total. The van der Waals surface area contributed by atoms with Gasteiger partial charge in [-0.25, -0.2) is 0 Å². The molecule has 0 aliphatic heterocycles. The standard InChI is InChI=1S/C16H13NO3S.C2H6/c18-21(19,20)15-11-5-7-12-6-4-10-14(16(12)15)17-13-8-2-1-3-9-13;1-2/h1-11,17H,(H,18,19,20);1-2H3. The first-order valence-electron chi connectivity index (χ1n) is 7.37. The van der Waals surface area contributed by atoms with Crippen molar-refractivity contribution in [1.29, 1.82) is 0 Å². The van der Waals surface area contributed by atoms with Crippen molar-refractivity contribution < 1.29 is 13.0 Å². The van der Waals surface area contributed by atoms with Gasteiger partial charge in [-0.15, -0.1) is 0 Å². The quantitative estimate of drug-likeness (QED) is 0.674. The molecule has 5 heteroatoms. The summed E-state index contributed by atoms with van der Waals surface area (Å²) < 4.78 is 32.6. The molecule has 0 aromatic heterocycles. The number of hydrogen-bond donors (Lipinski definition) is 2. The second kappa shape index (κ2) is 7.26. The van der Waals surface area contributed by atoms with Gasteiger partial charge in [-0.3, -0.25) is 4.55 Å². The van der Waals surface area contributed by atoms with Crippen LogP contribution in [0.15, 0.2) is 71.6 Å². The SMILES string of the molecule is CC.O=S(=O)(O)c1cccc2cccc(Nc3ccccc3)c12. The van der Waals surface area contributed by atoms with Crippen LogP contribution in [-0.2, 0) is 10.1 Å². The molecule has 23 heavy (non-hydrogen) atoms. The molecule has 0 amide bonds. The van der Waals surface area contributed by atoms with Crippen molar-refractivity contribution in [2.45, 2.75) is 18.7 Å². The Kier molecular flexibility index (Phi) is 5.36. The third-order valence-electron chi connectivity index (χ3n) is 3.20. The van der Waals surface area contributed by atoms with Crippen LogP contribution in [0.2, 0.25) is 0 Å². The molecule has 3 aromatic rings. The van der Waals surface area contributed by atoms with Crippen LogP contribution in [0.5, 0.6) is 0 Å². The van der Waals surface area contributed by atoms with Gasteiger partial charge < -0.3 is 5.32 Å². The maximum absolute atomic E-state index is 11.6. The van der Waals surface area contributed by atoms with Crippen molar-refractivity contribution in [2.75, 3.05) is 5.32 Å². The Morgan fingerprint density at radius 3 is 2.04 bits per heavy atom. The first-order chi connectivity index (χ1) is 11.1. The van der Waals surface area contributed by atoms with Crippen molar-refractivity contribution in [3.05, 3.63) is 66.7 Å². The van der Waals surface area contributed by atoms with Crippen molar-refractivity contribution in [3.63, 3.8) is 0 Å². The maximum atomic E-state index is 11.6. The normalized spacial score (nSPS) is 10.7. The molecule has 0 fully saturated rings. The summed E-state index contributed by atoms with van der Waals surface area (Å²) in [6.45, 7) is 4.00. The van der Waals surface area contributed by atoms with Crippen molar-refractivity contribution >= 4 is 32.3 Å². The summed E-state index contributed by atoms with van der Waals surface area (Å²) in [6.07, 6.45) is 0. The fourth-order valence-electron chi connectivity index (χ4n) is 2.30. The summed E-state index contributed by atoms with van der Waals surface area (Å²) in [4.78, 5) is -0.0981. The van der Waals surface area contributed by atoms with Gasteiger partial charge >= 0.3 is 0 Å². The Morgan fingerprint density at radius 1 is 0.826 bits per heavy atom. The lowest BCUT2D eigenvalue weighted by molar-refractivity contribution is 0.484. The average molecular weight is 329 g/mol. The molecule has 0 spiro atoms. The van der Waals surface area contributed by atoms with Crippen LogP contribution < -0.4 is 5.32 Å². The van der Waals surface area contributed by atoms with E-state index in [-0.39, 0.29) is 4.90 Å². The Bertz CT molecular complexity index is 885. The topological polar surface area (TPSA) is 66.4 Å². The molecular weight excluding hydrogens is 310 g/mol. The molecule has 0 saturated heterocycles. The zero-order valence-electron chi connectivity index (χ0n) is 13.0. The van der Waals surface area contributed by atoms with Gasteiger partial charge in [-0.1, -0.05) is 56.3 Å². The molecule has 2 N–H and O–H groups in total. The number of benzene rings is 3. The van der Waals surface area contributed by atoms with E-state index in [1.54, 1.807) is 24.3 Å². The fraction of sp³-hybridized carbons (Fsp3) is 0.111. The highest BCUT2D eigenvalue weighted by Gasteiger charge is 2.16. The van der Waals surface area contributed by atoms with E-state index in [1.165, 1.54) is 6.07 Å². The molecule has 0 saturated carbocycles. The summed E-state index contributed by atoms with van der Waals surface area (Å²) in [6, 6.07) is 19.7. The minimum atomic E-state index is -4.28. The number of nitrogens with one attached hydrogen (secondary N) is 1. The summed E-state index contributed by atoms with van der Waals surface area (Å²) in [5, 5.41) is 4.40. The van der Waals surface area contributed by atoms with Gasteiger partial charge in [-0.2, -0.15) is 8.42 Å². The molecule has 0 aliphatic carbocycles. The molecule has 0 radical (unpaired) electrons. The zero-order valence-corrected chi connectivity index (χ0v) is 13.8. The zero-order chi connectivity index (χ0) is 16.9. The van der Waals surface area contributed by atoms with Crippen molar-refractivity contribution in [2.24, 2.45) is 0 Å². The minimum absolute atomic E-state index is 0.0981. The Hall–Kier alpha value is -2.37. The Morgan fingerprint density at radius 2 is 1.43 bits per heavy atom. The summed E-state index contributed by atoms with van der Waals surface area (Å²) in [5.74, 6) is 0. The van der Waals surface area contributed by atoms with Crippen LogP contribution in [0.3, 0.4) is 0 Å². The van der Waals surface area contributed by atoms with Gasteiger partial charge in [0.25, 0.3) is 10.1 Å². The first kappa shape index (κ1) is 17.0. The van der Waals surface area contributed by atoms with Crippen LogP contribution >= 0.6 is 0 Å². The van der Waals surface area contributed by atoms with Crippen LogP contribution in [0, 0.1) is 0 Å². The smallest absolute Gasteiger partial charge is 0.295 e. The third kappa shape index (κ3) is 3.88. The molecule has 0 bridgehead atoms. The van der Waals surface area contributed by atoms with Gasteiger partial charge in [-0.05, 0) is 29.7 Å². The highest BCUT2D eigenvalue weighted by molar-refractivity contribution is 7.86. The molecular formula is C18H19NO3S. The number of hydrogen-bond acceptors (Lipinski definition) is 3. The monoisotopic (exact) mass is 329 g/mol. The van der Waals surface area contributed by atoms with Gasteiger partial charge in [0.05, 0.1) is 0 Å². The highest BCUT2D eigenvalue weighted by Crippen LogP contribution is 2.31. The number of fused-ring (bicyclic) bond motifs is 1. The van der Waals surface area contributed by atoms with E-state index in [0.29, 0.717) is 11.1 Å². The highest BCUT2D eigenvalue weighted by atomic mass is 32.2. The summed E-state index contributed by atoms with van der Waals surface area (Å²) in [7, 11) is -4.28. The third-order valence-corrected chi connectivity index (χ3v) is 4.09. The van der Waals surface area contributed by atoms with Crippen LogP contribution in [0.1, 0.15) is 13.8 Å². The summed E-state index contributed by atoms with van der Waals surface area (Å²) >= 11 is 0. The summed E-state index contributed by atoms with van der Waals surface area (Å²) in [5.41, 5.74) is 1.47. The lowest BCUT2D eigenvalue weighted by Gasteiger charge is -2.12. The molecule has 3 rings (SSSR count). The maximum Gasteiger partial charge on any atom is 0.295 e. The number of rotatable bonds is 3. The van der Waals surface area contributed by atoms with E-state index in [2.05, 4.69) is 5.32 Å². The second-order valence-electron chi connectivity index (χ2n) is 4.63. The van der Waals surface area contributed by atoms with Gasteiger partial charge in [0.1, 0.15) is 4.90 Å². The molecule has 0 heterocycles. The fourth-order valence-corrected chi connectivity index (χ4v) is 3.04. The predicted octanol–water partition coefficient (Wildman–Crippen LogP) is 4.86. The van der Waals surface area contributed by atoms with Crippen LogP contribution in [-0.4, -0.2) is 13.0 Å². The van der Waals surface area contributed by atoms with Gasteiger partial charge in [0.15, 0.2) is 0 Å². The molecule has 0 unspecified atom stereocenters. The predicted molar refractivity (Wildman–Crippen MR) is 94.8 cm³/mol. The molecule has 120 valence electrons. The lowest BCUT2D eigenvalue weighted by atomic mass is 10.1. The minimum Gasteiger partial charge on any atom is -0.355 e. The largest absolute Gasteiger partial charge is 0.355 e. The molecule has 3 aromatic carbocycles. The van der Waals surface area contributed by atoms with E-state index < -0.39 is 10.1 Å². The Labute approximate surface area is 136 Å². The van der Waals surface area contributed by atoms with E-state index in [1.807, 2.05) is 50.2 Å². The van der Waals surface area contributed by atoms with E-state index in [4.69, 9.17) is 0 Å². The Balaban J connectivity index is 0.000000924. The van der Waals surface area contributed by atoms with Crippen molar-refractivity contribution in [1.82, 2.24) is 0 Å². The van der Waals surface area contributed by atoms with Gasteiger partial charge in [0.2, 0.25) is 0 Å². The van der Waals surface area contributed by atoms with Crippen LogP contribution in [0.25, 0.3) is 10.8 Å². The lowest BCUT2D eigenvalue weighted by Crippen LogP contribution is -2.01. The molecule has 0 aliphatic rings. The van der Waals surface area contributed by atoms with E-state index >= 15 is 0 Å². The van der Waals surface area contributed by atoms with Gasteiger partial charge in [0, 0.05) is 16.8 Å². The average Bonchev–Trinajstić information content (AvgIpc) is 2.56. The number of para-hydroxylation sites is 1.